The van der Waals surface area contributed by atoms with Gasteiger partial charge in [-0.05, 0) is 19.9 Å². The highest BCUT2D eigenvalue weighted by atomic mass is 16.4. The molecule has 0 saturated carbocycles. The van der Waals surface area contributed by atoms with Crippen molar-refractivity contribution in [2.45, 2.75) is 38.8 Å². The molecule has 0 atom stereocenters. The van der Waals surface area contributed by atoms with E-state index in [1.165, 1.54) is 0 Å². The molecule has 17 heavy (non-hydrogen) atoms. The maximum Gasteiger partial charge on any atom is 0.305 e. The lowest BCUT2D eigenvalue weighted by atomic mass is 10.0. The van der Waals surface area contributed by atoms with Crippen molar-refractivity contribution in [2.75, 3.05) is 0 Å². The topological polar surface area (TPSA) is 84.2 Å². The summed E-state index contributed by atoms with van der Waals surface area (Å²) in [5, 5.41) is 15.3. The largest absolute Gasteiger partial charge is 0.481 e. The number of rotatable bonds is 6. The average molecular weight is 239 g/mol. The monoisotopic (exact) mass is 239 g/mol. The molecule has 1 rings (SSSR count). The van der Waals surface area contributed by atoms with Crippen molar-refractivity contribution in [1.82, 2.24) is 15.1 Å². The summed E-state index contributed by atoms with van der Waals surface area (Å²) in [6.07, 6.45) is 3.60. The first-order valence-corrected chi connectivity index (χ1v) is 5.39. The molecule has 0 bridgehead atoms. The molecule has 6 nitrogen and oxygen atoms in total. The fraction of sp³-hybridized carbons (Fsp3) is 0.545. The summed E-state index contributed by atoms with van der Waals surface area (Å²) in [7, 11) is 0. The van der Waals surface area contributed by atoms with Gasteiger partial charge in [0, 0.05) is 30.9 Å². The second-order valence-corrected chi connectivity index (χ2v) is 4.52. The summed E-state index contributed by atoms with van der Waals surface area (Å²) in [5.41, 5.74) is -0.729. The van der Waals surface area contributed by atoms with Gasteiger partial charge < -0.3 is 10.4 Å². The van der Waals surface area contributed by atoms with Crippen LogP contribution in [-0.2, 0) is 16.1 Å². The minimum Gasteiger partial charge on any atom is -0.481 e. The van der Waals surface area contributed by atoms with E-state index in [0.29, 0.717) is 6.54 Å². The van der Waals surface area contributed by atoms with Crippen LogP contribution >= 0.6 is 0 Å². The third-order valence-corrected chi connectivity index (χ3v) is 2.20. The van der Waals surface area contributed by atoms with Crippen molar-refractivity contribution in [2.24, 2.45) is 0 Å². The van der Waals surface area contributed by atoms with Gasteiger partial charge >= 0.3 is 5.97 Å². The Morgan fingerprint density at radius 2 is 2.18 bits per heavy atom. The highest BCUT2D eigenvalue weighted by Crippen LogP contribution is 2.08. The number of carboxylic acid groups (broad SMARTS) is 1. The zero-order chi connectivity index (χ0) is 12.9. The van der Waals surface area contributed by atoms with Gasteiger partial charge in [0.25, 0.3) is 0 Å². The molecule has 1 aromatic rings. The molecule has 1 amide bonds. The Labute approximate surface area is 99.6 Å². The summed E-state index contributed by atoms with van der Waals surface area (Å²) in [5.74, 6) is -1.10. The van der Waals surface area contributed by atoms with Crippen molar-refractivity contribution < 1.29 is 14.7 Å². The molecule has 2 N–H and O–H groups in total. The molecule has 0 saturated heterocycles. The Bertz CT molecular complexity index is 385. The molecular weight excluding hydrogens is 222 g/mol. The number of aryl methyl sites for hydroxylation is 1. The first-order chi connectivity index (χ1) is 7.89. The number of hydrogen-bond acceptors (Lipinski definition) is 3. The number of nitrogens with zero attached hydrogens (tertiary/aromatic N) is 2. The number of amides is 1. The average Bonchev–Trinajstić information content (AvgIpc) is 2.63. The number of carbonyl (C=O) groups is 2. The van der Waals surface area contributed by atoms with E-state index in [2.05, 4.69) is 10.4 Å². The molecule has 0 unspecified atom stereocenters. The predicted molar refractivity (Wildman–Crippen MR) is 61.3 cm³/mol. The van der Waals surface area contributed by atoms with Gasteiger partial charge in [0.05, 0.1) is 6.42 Å². The first kappa shape index (κ1) is 13.2. The predicted octanol–water partition coefficient (Wildman–Crippen LogP) is 0.643. The van der Waals surface area contributed by atoms with E-state index in [0.717, 1.165) is 0 Å². The molecule has 94 valence electrons. The van der Waals surface area contributed by atoms with E-state index in [1.54, 1.807) is 37.0 Å². The van der Waals surface area contributed by atoms with Crippen LogP contribution in [0.5, 0.6) is 0 Å². The number of carbonyl (C=O) groups excluding carboxylic acids is 1. The standard InChI is InChI=1S/C11H17N3O3/c1-11(2,8-10(16)17)13-9(15)4-7-14-6-3-5-12-14/h3,5-6H,4,7-8H2,1-2H3,(H,13,15)(H,16,17). The number of nitrogens with one attached hydrogen (secondary N) is 1. The molecule has 1 aromatic heterocycles. The van der Waals surface area contributed by atoms with Crippen LogP contribution in [0.1, 0.15) is 26.7 Å². The Hall–Kier alpha value is -1.85. The Balaban J connectivity index is 2.36. The van der Waals surface area contributed by atoms with Crippen LogP contribution in [0.2, 0.25) is 0 Å². The van der Waals surface area contributed by atoms with E-state index < -0.39 is 11.5 Å². The number of hydrogen-bond donors (Lipinski definition) is 2. The maximum atomic E-state index is 11.6. The SMILES string of the molecule is CC(C)(CC(=O)O)NC(=O)CCn1cccn1. The van der Waals surface area contributed by atoms with Crippen molar-refractivity contribution in [3.8, 4) is 0 Å². The van der Waals surface area contributed by atoms with Crippen molar-refractivity contribution >= 4 is 11.9 Å². The summed E-state index contributed by atoms with van der Waals surface area (Å²) < 4.78 is 1.66. The van der Waals surface area contributed by atoms with E-state index in [1.807, 2.05) is 0 Å². The lowest BCUT2D eigenvalue weighted by Crippen LogP contribution is -2.45. The van der Waals surface area contributed by atoms with Gasteiger partial charge in [0.15, 0.2) is 0 Å². The smallest absolute Gasteiger partial charge is 0.305 e. The highest BCUT2D eigenvalue weighted by Gasteiger charge is 2.23. The number of carboxylic acids is 1. The van der Waals surface area contributed by atoms with Crippen LogP contribution in [0.25, 0.3) is 0 Å². The van der Waals surface area contributed by atoms with Gasteiger partial charge in [-0.15, -0.1) is 0 Å². The summed E-state index contributed by atoms with van der Waals surface area (Å²) in [4.78, 5) is 22.2. The summed E-state index contributed by atoms with van der Waals surface area (Å²) in [6, 6.07) is 1.78. The highest BCUT2D eigenvalue weighted by molar-refractivity contribution is 5.78. The molecular formula is C11H17N3O3. The Kier molecular flexibility index (Phi) is 4.25. The number of aliphatic carboxylic acids is 1. The van der Waals surface area contributed by atoms with E-state index in [4.69, 9.17) is 5.11 Å². The van der Waals surface area contributed by atoms with Crippen LogP contribution in [-0.4, -0.2) is 32.3 Å². The van der Waals surface area contributed by atoms with Crippen LogP contribution < -0.4 is 5.32 Å². The van der Waals surface area contributed by atoms with Gasteiger partial charge in [-0.3, -0.25) is 14.3 Å². The first-order valence-electron chi connectivity index (χ1n) is 5.39. The third kappa shape index (κ3) is 5.14. The van der Waals surface area contributed by atoms with Gasteiger partial charge in [-0.1, -0.05) is 0 Å². The molecule has 0 aliphatic carbocycles. The second-order valence-electron chi connectivity index (χ2n) is 4.52. The normalized spacial score (nSPS) is 11.2. The van der Waals surface area contributed by atoms with Gasteiger partial charge in [0.2, 0.25) is 5.91 Å². The zero-order valence-corrected chi connectivity index (χ0v) is 10.0. The maximum absolute atomic E-state index is 11.6. The van der Waals surface area contributed by atoms with Crippen LogP contribution in [0.3, 0.4) is 0 Å². The fourth-order valence-electron chi connectivity index (χ4n) is 1.51. The molecule has 0 aromatic carbocycles. The van der Waals surface area contributed by atoms with Crippen LogP contribution in [0, 0.1) is 0 Å². The lowest BCUT2D eigenvalue weighted by Gasteiger charge is -2.24. The van der Waals surface area contributed by atoms with Crippen molar-refractivity contribution in [3.05, 3.63) is 18.5 Å². The minimum absolute atomic E-state index is 0.0967. The fourth-order valence-corrected chi connectivity index (χ4v) is 1.51. The Morgan fingerprint density at radius 1 is 1.47 bits per heavy atom. The minimum atomic E-state index is -0.928. The molecule has 0 aliphatic heterocycles. The Morgan fingerprint density at radius 3 is 2.71 bits per heavy atom. The molecule has 0 spiro atoms. The molecule has 6 heteroatoms. The molecule has 1 heterocycles. The van der Waals surface area contributed by atoms with Crippen LogP contribution in [0.4, 0.5) is 0 Å². The van der Waals surface area contributed by atoms with Crippen molar-refractivity contribution in [1.29, 1.82) is 0 Å². The van der Waals surface area contributed by atoms with E-state index >= 15 is 0 Å². The molecule has 0 aliphatic rings. The van der Waals surface area contributed by atoms with Gasteiger partial charge in [0.1, 0.15) is 0 Å². The van der Waals surface area contributed by atoms with E-state index in [-0.39, 0.29) is 18.7 Å². The van der Waals surface area contributed by atoms with E-state index in [9.17, 15) is 9.59 Å². The second kappa shape index (κ2) is 5.47. The van der Waals surface area contributed by atoms with Crippen LogP contribution in [0.15, 0.2) is 18.5 Å². The van der Waals surface area contributed by atoms with Gasteiger partial charge in [-0.25, -0.2) is 0 Å². The van der Waals surface area contributed by atoms with Gasteiger partial charge in [-0.2, -0.15) is 5.10 Å². The number of aromatic nitrogens is 2. The zero-order valence-electron chi connectivity index (χ0n) is 10.0. The van der Waals surface area contributed by atoms with Crippen molar-refractivity contribution in [3.63, 3.8) is 0 Å². The summed E-state index contributed by atoms with van der Waals surface area (Å²) in [6.45, 7) is 3.86. The quantitative estimate of drug-likeness (QED) is 0.763. The molecule has 0 radical (unpaired) electrons. The third-order valence-electron chi connectivity index (χ3n) is 2.20. The molecule has 0 fully saturated rings. The summed E-state index contributed by atoms with van der Waals surface area (Å²) >= 11 is 0. The lowest BCUT2D eigenvalue weighted by molar-refractivity contribution is -0.138.